The molecular formula is C15H23N3O. The van der Waals surface area contributed by atoms with E-state index in [2.05, 4.69) is 47.6 Å². The second-order valence-corrected chi connectivity index (χ2v) is 5.06. The SMILES string of the molecule is CCNCc1ccc(N2CCNC(=O)C2C)c(C)c1. The molecular weight excluding hydrogens is 238 g/mol. The van der Waals surface area contributed by atoms with Gasteiger partial charge in [-0.3, -0.25) is 4.79 Å². The van der Waals surface area contributed by atoms with Crippen molar-refractivity contribution in [2.75, 3.05) is 24.5 Å². The zero-order valence-corrected chi connectivity index (χ0v) is 12.0. The van der Waals surface area contributed by atoms with Crippen LogP contribution >= 0.6 is 0 Å². The van der Waals surface area contributed by atoms with Crippen molar-refractivity contribution in [3.63, 3.8) is 0 Å². The third kappa shape index (κ3) is 3.07. The van der Waals surface area contributed by atoms with Crippen molar-refractivity contribution >= 4 is 11.6 Å². The standard InChI is InChI=1S/C15H23N3O/c1-4-16-10-13-5-6-14(11(2)9-13)18-8-7-17-15(19)12(18)3/h5-6,9,12,16H,4,7-8,10H2,1-3H3,(H,17,19). The molecule has 1 unspecified atom stereocenters. The molecule has 104 valence electrons. The predicted octanol–water partition coefficient (Wildman–Crippen LogP) is 1.43. The average molecular weight is 261 g/mol. The minimum absolute atomic E-state index is 0.0907. The lowest BCUT2D eigenvalue weighted by molar-refractivity contribution is -0.122. The second-order valence-electron chi connectivity index (χ2n) is 5.06. The number of amides is 1. The Morgan fingerprint density at radius 1 is 1.47 bits per heavy atom. The molecule has 0 radical (unpaired) electrons. The number of anilines is 1. The van der Waals surface area contributed by atoms with Gasteiger partial charge in [-0.25, -0.2) is 0 Å². The summed E-state index contributed by atoms with van der Waals surface area (Å²) >= 11 is 0. The van der Waals surface area contributed by atoms with Crippen LogP contribution in [-0.4, -0.2) is 31.6 Å². The highest BCUT2D eigenvalue weighted by Crippen LogP contribution is 2.24. The topological polar surface area (TPSA) is 44.4 Å². The van der Waals surface area contributed by atoms with Gasteiger partial charge in [-0.2, -0.15) is 0 Å². The molecule has 19 heavy (non-hydrogen) atoms. The van der Waals surface area contributed by atoms with Crippen LogP contribution in [0.5, 0.6) is 0 Å². The lowest BCUT2D eigenvalue weighted by Gasteiger charge is -2.35. The molecule has 0 spiro atoms. The summed E-state index contributed by atoms with van der Waals surface area (Å²) in [5.74, 6) is 0.113. The van der Waals surface area contributed by atoms with Crippen molar-refractivity contribution < 1.29 is 4.79 Å². The van der Waals surface area contributed by atoms with Crippen molar-refractivity contribution in [2.45, 2.75) is 33.4 Å². The van der Waals surface area contributed by atoms with Crippen LogP contribution in [0.2, 0.25) is 0 Å². The number of carbonyl (C=O) groups is 1. The third-order valence-electron chi connectivity index (χ3n) is 3.65. The molecule has 0 aromatic heterocycles. The van der Waals surface area contributed by atoms with E-state index < -0.39 is 0 Å². The Bertz CT molecular complexity index is 459. The van der Waals surface area contributed by atoms with E-state index in [0.29, 0.717) is 0 Å². The van der Waals surface area contributed by atoms with Crippen molar-refractivity contribution in [1.29, 1.82) is 0 Å². The molecule has 1 saturated heterocycles. The summed E-state index contributed by atoms with van der Waals surface area (Å²) in [4.78, 5) is 13.9. The van der Waals surface area contributed by atoms with Crippen molar-refractivity contribution in [3.8, 4) is 0 Å². The van der Waals surface area contributed by atoms with Crippen molar-refractivity contribution in [1.82, 2.24) is 10.6 Å². The van der Waals surface area contributed by atoms with E-state index in [0.717, 1.165) is 26.2 Å². The molecule has 1 fully saturated rings. The van der Waals surface area contributed by atoms with Crippen LogP contribution in [0.4, 0.5) is 5.69 Å². The van der Waals surface area contributed by atoms with Crippen LogP contribution in [0, 0.1) is 6.92 Å². The Morgan fingerprint density at radius 2 is 2.26 bits per heavy atom. The van der Waals surface area contributed by atoms with Gasteiger partial charge in [-0.15, -0.1) is 0 Å². The number of aryl methyl sites for hydroxylation is 1. The lowest BCUT2D eigenvalue weighted by Crippen LogP contribution is -2.54. The number of hydrogen-bond donors (Lipinski definition) is 2. The first-order chi connectivity index (χ1) is 9.13. The van der Waals surface area contributed by atoms with Crippen LogP contribution in [-0.2, 0) is 11.3 Å². The molecule has 0 aliphatic carbocycles. The van der Waals surface area contributed by atoms with Crippen LogP contribution in [0.25, 0.3) is 0 Å². The number of piperazine rings is 1. The molecule has 4 nitrogen and oxygen atoms in total. The van der Waals surface area contributed by atoms with E-state index in [1.807, 2.05) is 6.92 Å². The molecule has 1 aromatic rings. The predicted molar refractivity (Wildman–Crippen MR) is 78.4 cm³/mol. The second kappa shape index (κ2) is 6.06. The Morgan fingerprint density at radius 3 is 2.95 bits per heavy atom. The highest BCUT2D eigenvalue weighted by Gasteiger charge is 2.26. The first kappa shape index (κ1) is 13.9. The maximum absolute atomic E-state index is 11.7. The highest BCUT2D eigenvalue weighted by atomic mass is 16.2. The summed E-state index contributed by atoms with van der Waals surface area (Å²) in [6.07, 6.45) is 0. The van der Waals surface area contributed by atoms with Gasteiger partial charge in [0.05, 0.1) is 0 Å². The smallest absolute Gasteiger partial charge is 0.242 e. The summed E-state index contributed by atoms with van der Waals surface area (Å²) in [7, 11) is 0. The summed E-state index contributed by atoms with van der Waals surface area (Å²) in [6.45, 7) is 9.65. The van der Waals surface area contributed by atoms with Gasteiger partial charge in [-0.1, -0.05) is 19.1 Å². The van der Waals surface area contributed by atoms with E-state index in [1.54, 1.807) is 0 Å². The molecule has 1 aliphatic heterocycles. The van der Waals surface area contributed by atoms with Gasteiger partial charge < -0.3 is 15.5 Å². The number of rotatable bonds is 4. The normalized spacial score (nSPS) is 19.4. The zero-order valence-electron chi connectivity index (χ0n) is 12.0. The molecule has 1 amide bonds. The fraction of sp³-hybridized carbons (Fsp3) is 0.533. The zero-order chi connectivity index (χ0) is 13.8. The molecule has 1 aromatic carbocycles. The number of nitrogens with one attached hydrogen (secondary N) is 2. The molecule has 2 rings (SSSR count). The van der Waals surface area contributed by atoms with Gasteiger partial charge in [0.2, 0.25) is 5.91 Å². The lowest BCUT2D eigenvalue weighted by atomic mass is 10.1. The molecule has 4 heteroatoms. The third-order valence-corrected chi connectivity index (χ3v) is 3.65. The highest BCUT2D eigenvalue weighted by molar-refractivity contribution is 5.86. The Balaban J connectivity index is 2.18. The average Bonchev–Trinajstić information content (AvgIpc) is 2.40. The number of nitrogens with zero attached hydrogens (tertiary/aromatic N) is 1. The summed E-state index contributed by atoms with van der Waals surface area (Å²) in [6, 6.07) is 6.39. The van der Waals surface area contributed by atoms with E-state index >= 15 is 0 Å². The Hall–Kier alpha value is -1.55. The van der Waals surface area contributed by atoms with Gasteiger partial charge in [-0.05, 0) is 37.6 Å². The minimum atomic E-state index is -0.0907. The maximum Gasteiger partial charge on any atom is 0.242 e. The molecule has 1 heterocycles. The molecule has 1 aliphatic rings. The summed E-state index contributed by atoms with van der Waals surface area (Å²) in [5, 5.41) is 6.23. The molecule has 1 atom stereocenters. The fourth-order valence-corrected chi connectivity index (χ4v) is 2.53. The quantitative estimate of drug-likeness (QED) is 0.862. The fourth-order valence-electron chi connectivity index (χ4n) is 2.53. The summed E-state index contributed by atoms with van der Waals surface area (Å²) < 4.78 is 0. The monoisotopic (exact) mass is 261 g/mol. The van der Waals surface area contributed by atoms with E-state index in [1.165, 1.54) is 16.8 Å². The van der Waals surface area contributed by atoms with Crippen LogP contribution in [0.15, 0.2) is 18.2 Å². The van der Waals surface area contributed by atoms with Crippen LogP contribution in [0.3, 0.4) is 0 Å². The molecule has 2 N–H and O–H groups in total. The number of hydrogen-bond acceptors (Lipinski definition) is 3. The van der Waals surface area contributed by atoms with Gasteiger partial charge in [0.15, 0.2) is 0 Å². The number of benzene rings is 1. The van der Waals surface area contributed by atoms with E-state index in [9.17, 15) is 4.79 Å². The Kier molecular flexibility index (Phi) is 4.43. The van der Waals surface area contributed by atoms with Gasteiger partial charge in [0, 0.05) is 25.3 Å². The van der Waals surface area contributed by atoms with Gasteiger partial charge in [0.25, 0.3) is 0 Å². The summed E-state index contributed by atoms with van der Waals surface area (Å²) in [5.41, 5.74) is 3.69. The van der Waals surface area contributed by atoms with Gasteiger partial charge >= 0.3 is 0 Å². The minimum Gasteiger partial charge on any atom is -0.358 e. The first-order valence-corrected chi connectivity index (χ1v) is 6.98. The maximum atomic E-state index is 11.7. The van der Waals surface area contributed by atoms with Crippen LogP contribution < -0.4 is 15.5 Å². The molecule has 0 bridgehead atoms. The largest absolute Gasteiger partial charge is 0.358 e. The molecule has 0 saturated carbocycles. The van der Waals surface area contributed by atoms with Gasteiger partial charge in [0.1, 0.15) is 6.04 Å². The van der Waals surface area contributed by atoms with Crippen LogP contribution in [0.1, 0.15) is 25.0 Å². The van der Waals surface area contributed by atoms with E-state index in [-0.39, 0.29) is 11.9 Å². The first-order valence-electron chi connectivity index (χ1n) is 6.98. The Labute approximate surface area is 115 Å². The number of carbonyl (C=O) groups excluding carboxylic acids is 1. The van der Waals surface area contributed by atoms with Crippen molar-refractivity contribution in [2.24, 2.45) is 0 Å². The van der Waals surface area contributed by atoms with E-state index in [4.69, 9.17) is 0 Å². The van der Waals surface area contributed by atoms with Crippen molar-refractivity contribution in [3.05, 3.63) is 29.3 Å².